The number of ketones is 1. The van der Waals surface area contributed by atoms with Gasteiger partial charge in [0.1, 0.15) is 18.4 Å². The Morgan fingerprint density at radius 2 is 1.72 bits per heavy atom. The quantitative estimate of drug-likeness (QED) is 0.262. The molecule has 0 amide bonds. The molecule has 4 aliphatic rings. The predicted molar refractivity (Wildman–Crippen MR) is 141 cm³/mol. The first-order valence-electron chi connectivity index (χ1n) is 13.8. The highest BCUT2D eigenvalue weighted by Crippen LogP contribution is 2.71. The highest BCUT2D eigenvalue weighted by molar-refractivity contribution is 6.21. The summed E-state index contributed by atoms with van der Waals surface area (Å²) < 4.78 is 0. The number of hydrogen-bond donors (Lipinski definition) is 2. The van der Waals surface area contributed by atoms with Gasteiger partial charge in [-0.1, -0.05) is 20.8 Å². The lowest BCUT2D eigenvalue weighted by molar-refractivity contribution is -0.201. The maximum absolute atomic E-state index is 12.6. The molecule has 0 aromatic rings. The second-order valence-electron chi connectivity index (χ2n) is 13.7. The van der Waals surface area contributed by atoms with Crippen LogP contribution < -0.4 is 0 Å². The molecule has 0 heterocycles. The second-order valence-corrected chi connectivity index (χ2v) is 14.7. The van der Waals surface area contributed by atoms with Gasteiger partial charge in [0.05, 0.1) is 27.9 Å². The number of rotatable bonds is 7. The molecule has 0 bridgehead atoms. The third-order valence-electron chi connectivity index (χ3n) is 11.7. The fourth-order valence-corrected chi connectivity index (χ4v) is 10.2. The molecule has 36 heavy (non-hydrogen) atoms. The van der Waals surface area contributed by atoms with E-state index in [1.807, 2.05) is 6.92 Å². The number of alkyl halides is 2. The Hall–Kier alpha value is -0.490. The molecule has 0 spiro atoms. The monoisotopic (exact) mass is 542 g/mol. The fourth-order valence-electron chi connectivity index (χ4n) is 9.58. The first-order valence-corrected chi connectivity index (χ1v) is 14.7. The van der Waals surface area contributed by atoms with Gasteiger partial charge in [0.15, 0.2) is 0 Å². The van der Waals surface area contributed by atoms with E-state index in [2.05, 4.69) is 13.8 Å². The summed E-state index contributed by atoms with van der Waals surface area (Å²) in [5, 5.41) is 20.9. The molecule has 2 N–H and O–H groups in total. The Bertz CT molecular complexity index is 877. The van der Waals surface area contributed by atoms with Gasteiger partial charge in [-0.25, -0.2) is 0 Å². The van der Waals surface area contributed by atoms with Crippen molar-refractivity contribution < 1.29 is 24.6 Å². The van der Waals surface area contributed by atoms with Crippen LogP contribution in [0.2, 0.25) is 0 Å². The number of aliphatic hydroxyl groups is 2. The first-order chi connectivity index (χ1) is 16.7. The highest BCUT2D eigenvalue weighted by Gasteiger charge is 2.71. The Morgan fingerprint density at radius 1 is 1.08 bits per heavy atom. The number of halogens is 2. The summed E-state index contributed by atoms with van der Waals surface area (Å²) in [6.07, 6.45) is 6.16. The summed E-state index contributed by atoms with van der Waals surface area (Å²) in [6, 6.07) is 0. The average Bonchev–Trinajstić information content (AvgIpc) is 3.17. The third kappa shape index (κ3) is 4.05. The molecule has 7 heteroatoms. The van der Waals surface area contributed by atoms with Gasteiger partial charge in [0, 0.05) is 18.8 Å². The first kappa shape index (κ1) is 28.5. The molecule has 4 saturated carbocycles. The summed E-state index contributed by atoms with van der Waals surface area (Å²) >= 11 is 13.5. The van der Waals surface area contributed by atoms with Crippen molar-refractivity contribution >= 4 is 41.6 Å². The van der Waals surface area contributed by atoms with Crippen LogP contribution in [-0.2, 0) is 14.4 Å². The van der Waals surface area contributed by atoms with Gasteiger partial charge in [0.2, 0.25) is 0 Å². The van der Waals surface area contributed by atoms with Gasteiger partial charge < -0.3 is 19.8 Å². The van der Waals surface area contributed by atoms with E-state index in [-0.39, 0.29) is 47.2 Å². The van der Waals surface area contributed by atoms with Crippen LogP contribution in [-0.4, -0.2) is 51.0 Å². The number of fused-ring (bicyclic) bond motifs is 5. The van der Waals surface area contributed by atoms with Crippen LogP contribution in [0.1, 0.15) is 86.0 Å². The van der Waals surface area contributed by atoms with Crippen molar-refractivity contribution in [2.45, 2.75) is 108 Å². The van der Waals surface area contributed by atoms with Crippen molar-refractivity contribution in [1.82, 2.24) is 0 Å². The highest BCUT2D eigenvalue weighted by atomic mass is 35.5. The lowest BCUT2D eigenvalue weighted by Crippen LogP contribution is -2.68. The standard InChI is InChI=1S/C29H44Cl2O5/c1-16(6-9-22(30)26(2,3)36)18-7-8-19-23-20(10-11-27(18,19)4)28(5)21(25(35)24(23)31)12-17(34)13-29(28,14-32)15-33/h14-16,18-25,35-36H,6-13H2,1-5H3/t16-,18-,19-,20-,21-,22?,23+,24?,25?,27+,28-/m0/s1. The number of aldehydes is 2. The third-order valence-corrected chi connectivity index (χ3v) is 13.0. The zero-order chi connectivity index (χ0) is 26.8. The minimum absolute atomic E-state index is 0.00596. The number of carbonyl (C=O) groups is 3. The summed E-state index contributed by atoms with van der Waals surface area (Å²) in [7, 11) is 0. The fraction of sp³-hybridized carbons (Fsp3) is 0.897. The molecule has 0 aromatic carbocycles. The molecule has 5 nitrogen and oxygen atoms in total. The molecule has 0 radical (unpaired) electrons. The minimum Gasteiger partial charge on any atom is -0.391 e. The van der Waals surface area contributed by atoms with E-state index in [0.717, 1.165) is 38.5 Å². The Kier molecular flexibility index (Phi) is 7.61. The molecule has 11 atom stereocenters. The van der Waals surface area contributed by atoms with Crippen molar-refractivity contribution in [3.63, 3.8) is 0 Å². The zero-order valence-electron chi connectivity index (χ0n) is 22.4. The van der Waals surface area contributed by atoms with Gasteiger partial charge >= 0.3 is 0 Å². The number of aliphatic hydroxyl groups excluding tert-OH is 1. The van der Waals surface area contributed by atoms with Gasteiger partial charge in [-0.15, -0.1) is 23.2 Å². The predicted octanol–water partition coefficient (Wildman–Crippen LogP) is 5.19. The SMILES string of the molecule is C[C@@H](CCC(Cl)C(C)(C)O)[C@@H]1CC[C@H]2[C@H]3C(Cl)C(O)[C@@H]4CC(=O)CC(C=O)(C=O)[C@@]4(C)[C@H]3CC[C@@]21C. The van der Waals surface area contributed by atoms with Crippen molar-refractivity contribution in [2.75, 3.05) is 0 Å². The van der Waals surface area contributed by atoms with Crippen LogP contribution in [0.25, 0.3) is 0 Å². The van der Waals surface area contributed by atoms with Crippen molar-refractivity contribution in [1.29, 1.82) is 0 Å². The zero-order valence-corrected chi connectivity index (χ0v) is 23.9. The molecule has 4 aliphatic carbocycles. The van der Waals surface area contributed by atoms with Crippen molar-refractivity contribution in [3.8, 4) is 0 Å². The average molecular weight is 544 g/mol. The maximum atomic E-state index is 12.6. The molecule has 0 aromatic heterocycles. The van der Waals surface area contributed by atoms with E-state index in [1.54, 1.807) is 13.8 Å². The lowest BCUT2D eigenvalue weighted by Gasteiger charge is -2.66. The van der Waals surface area contributed by atoms with Gasteiger partial charge in [-0.3, -0.25) is 4.79 Å². The summed E-state index contributed by atoms with van der Waals surface area (Å²) in [5.74, 6) is 0.568. The van der Waals surface area contributed by atoms with E-state index >= 15 is 0 Å². The van der Waals surface area contributed by atoms with Crippen LogP contribution in [0.15, 0.2) is 0 Å². The lowest BCUT2D eigenvalue weighted by atomic mass is 9.38. The van der Waals surface area contributed by atoms with Crippen molar-refractivity contribution in [2.24, 2.45) is 51.8 Å². The van der Waals surface area contributed by atoms with Crippen LogP contribution in [0.3, 0.4) is 0 Å². The molecule has 0 saturated heterocycles. The molecule has 3 unspecified atom stereocenters. The van der Waals surface area contributed by atoms with Gasteiger partial charge in [-0.2, -0.15) is 0 Å². The van der Waals surface area contributed by atoms with Crippen molar-refractivity contribution in [3.05, 3.63) is 0 Å². The number of Topliss-reactive ketones (excluding diaryl/α,β-unsaturated/α-hetero) is 1. The van der Waals surface area contributed by atoms with Crippen LogP contribution in [0.4, 0.5) is 0 Å². The Labute approximate surface area is 226 Å². The van der Waals surface area contributed by atoms with E-state index in [1.165, 1.54) is 0 Å². The van der Waals surface area contributed by atoms with Crippen LogP contribution in [0, 0.1) is 51.8 Å². The van der Waals surface area contributed by atoms with E-state index in [9.17, 15) is 24.6 Å². The van der Waals surface area contributed by atoms with E-state index in [4.69, 9.17) is 23.2 Å². The van der Waals surface area contributed by atoms with Gasteiger partial charge in [-0.05, 0) is 92.8 Å². The molecular formula is C29H44Cl2O5. The Balaban J connectivity index is 1.64. The molecule has 204 valence electrons. The molecule has 4 rings (SSSR count). The second kappa shape index (κ2) is 9.61. The summed E-state index contributed by atoms with van der Waals surface area (Å²) in [4.78, 5) is 37.6. The minimum atomic E-state index is -1.40. The maximum Gasteiger partial charge on any atom is 0.134 e. The molecular weight excluding hydrogens is 499 g/mol. The normalized spacial score (nSPS) is 45.7. The topological polar surface area (TPSA) is 91.7 Å². The van der Waals surface area contributed by atoms with E-state index in [0.29, 0.717) is 24.4 Å². The summed E-state index contributed by atoms with van der Waals surface area (Å²) in [6.45, 7) is 10.1. The van der Waals surface area contributed by atoms with E-state index < -0.39 is 33.8 Å². The Morgan fingerprint density at radius 3 is 2.31 bits per heavy atom. The molecule has 0 aliphatic heterocycles. The van der Waals surface area contributed by atoms with Crippen LogP contribution >= 0.6 is 23.2 Å². The van der Waals surface area contributed by atoms with Gasteiger partial charge in [0.25, 0.3) is 0 Å². The van der Waals surface area contributed by atoms with Crippen LogP contribution in [0.5, 0.6) is 0 Å². The number of carbonyl (C=O) groups excluding carboxylic acids is 3. The number of hydrogen-bond acceptors (Lipinski definition) is 5. The largest absolute Gasteiger partial charge is 0.391 e. The smallest absolute Gasteiger partial charge is 0.134 e. The summed E-state index contributed by atoms with van der Waals surface area (Å²) in [5.41, 5.74) is -3.06. The molecule has 4 fully saturated rings.